The van der Waals surface area contributed by atoms with Gasteiger partial charge in [-0.05, 0) is 32.0 Å². The predicted molar refractivity (Wildman–Crippen MR) is 89.9 cm³/mol. The van der Waals surface area contributed by atoms with Crippen molar-refractivity contribution in [1.29, 1.82) is 0 Å². The van der Waals surface area contributed by atoms with Crippen LogP contribution in [0.4, 0.5) is 5.69 Å². The molecule has 0 aliphatic carbocycles. The molecule has 0 bridgehead atoms. The molecule has 0 aliphatic rings. The summed E-state index contributed by atoms with van der Waals surface area (Å²) in [5.74, 6) is -0.927. The normalized spacial score (nSPS) is 12.3. The maximum atomic E-state index is 12.0. The number of likely N-dealkylation sites (N-methyl/N-ethyl adjacent to an activating group) is 1. The Morgan fingerprint density at radius 3 is 2.52 bits per heavy atom. The standard InChI is InChI=1S/C14H20ClN3O4S/c1-4-16-14(20)10(2)17-13(19)9-18(23(3,21)22)12-7-5-6-11(15)8-12/h5-8,10H,4,9H2,1-3H3,(H,16,20)(H,17,19)/t10-/m0/s1. The molecular weight excluding hydrogens is 342 g/mol. The lowest BCUT2D eigenvalue weighted by Gasteiger charge is -2.23. The highest BCUT2D eigenvalue weighted by Gasteiger charge is 2.23. The molecule has 0 spiro atoms. The fourth-order valence-electron chi connectivity index (χ4n) is 1.84. The number of anilines is 1. The number of hydrogen-bond donors (Lipinski definition) is 2. The van der Waals surface area contributed by atoms with Crippen LogP contribution in [-0.2, 0) is 19.6 Å². The van der Waals surface area contributed by atoms with Crippen molar-refractivity contribution in [1.82, 2.24) is 10.6 Å². The van der Waals surface area contributed by atoms with Gasteiger partial charge in [0.15, 0.2) is 0 Å². The molecule has 2 N–H and O–H groups in total. The van der Waals surface area contributed by atoms with Gasteiger partial charge in [0.05, 0.1) is 11.9 Å². The summed E-state index contributed by atoms with van der Waals surface area (Å²) in [5, 5.41) is 5.39. The summed E-state index contributed by atoms with van der Waals surface area (Å²) in [6, 6.07) is 5.41. The average Bonchev–Trinajstić information content (AvgIpc) is 2.43. The van der Waals surface area contributed by atoms with Gasteiger partial charge in [-0.1, -0.05) is 17.7 Å². The smallest absolute Gasteiger partial charge is 0.242 e. The molecule has 2 amide bonds. The van der Waals surface area contributed by atoms with Crippen LogP contribution in [0, 0.1) is 0 Å². The summed E-state index contributed by atoms with van der Waals surface area (Å²) in [5.41, 5.74) is 0.279. The highest BCUT2D eigenvalue weighted by Crippen LogP contribution is 2.21. The first kappa shape index (κ1) is 19.2. The number of carbonyl (C=O) groups is 2. The van der Waals surface area contributed by atoms with E-state index in [1.54, 1.807) is 19.1 Å². The number of hydrogen-bond acceptors (Lipinski definition) is 4. The van der Waals surface area contributed by atoms with E-state index in [1.165, 1.54) is 19.1 Å². The molecule has 1 aromatic rings. The first-order chi connectivity index (χ1) is 10.6. The van der Waals surface area contributed by atoms with E-state index in [9.17, 15) is 18.0 Å². The van der Waals surface area contributed by atoms with Crippen molar-refractivity contribution in [2.45, 2.75) is 19.9 Å². The van der Waals surface area contributed by atoms with Crippen LogP contribution in [0.1, 0.15) is 13.8 Å². The molecule has 0 radical (unpaired) electrons. The van der Waals surface area contributed by atoms with Crippen LogP contribution in [0.2, 0.25) is 5.02 Å². The number of amides is 2. The second-order valence-corrected chi connectivity index (χ2v) is 7.28. The van der Waals surface area contributed by atoms with E-state index in [0.29, 0.717) is 11.6 Å². The Kier molecular flexibility index (Phi) is 6.83. The summed E-state index contributed by atoms with van der Waals surface area (Å²) in [6.45, 7) is 3.28. The predicted octanol–water partition coefficient (Wildman–Crippen LogP) is 0.747. The van der Waals surface area contributed by atoms with Crippen molar-refractivity contribution in [3.05, 3.63) is 29.3 Å². The fraction of sp³-hybridized carbons (Fsp3) is 0.429. The Balaban J connectivity index is 2.87. The van der Waals surface area contributed by atoms with Crippen LogP contribution in [0.3, 0.4) is 0 Å². The zero-order chi connectivity index (χ0) is 17.6. The summed E-state index contributed by atoms with van der Waals surface area (Å²) >= 11 is 5.86. The van der Waals surface area contributed by atoms with Gasteiger partial charge in [-0.3, -0.25) is 13.9 Å². The summed E-state index contributed by atoms with van der Waals surface area (Å²) in [6.07, 6.45) is 0.994. The van der Waals surface area contributed by atoms with Crippen LogP contribution >= 0.6 is 11.6 Å². The molecule has 0 aliphatic heterocycles. The molecule has 0 fully saturated rings. The zero-order valence-electron chi connectivity index (χ0n) is 13.2. The van der Waals surface area contributed by atoms with Crippen molar-refractivity contribution in [3.63, 3.8) is 0 Å². The maximum Gasteiger partial charge on any atom is 0.242 e. The third-order valence-electron chi connectivity index (χ3n) is 2.91. The van der Waals surface area contributed by atoms with E-state index in [0.717, 1.165) is 10.6 Å². The Labute approximate surface area is 141 Å². The third kappa shape index (κ3) is 6.07. The quantitative estimate of drug-likeness (QED) is 0.749. The van der Waals surface area contributed by atoms with E-state index in [1.807, 2.05) is 0 Å². The lowest BCUT2D eigenvalue weighted by atomic mass is 10.3. The monoisotopic (exact) mass is 361 g/mol. The van der Waals surface area contributed by atoms with Crippen molar-refractivity contribution in [2.75, 3.05) is 23.7 Å². The number of rotatable bonds is 7. The fourth-order valence-corrected chi connectivity index (χ4v) is 2.87. The van der Waals surface area contributed by atoms with Crippen LogP contribution in [-0.4, -0.2) is 45.6 Å². The number of benzene rings is 1. The van der Waals surface area contributed by atoms with Crippen molar-refractivity contribution >= 4 is 39.1 Å². The van der Waals surface area contributed by atoms with E-state index >= 15 is 0 Å². The van der Waals surface area contributed by atoms with E-state index < -0.39 is 28.5 Å². The van der Waals surface area contributed by atoms with Gasteiger partial charge in [0.25, 0.3) is 0 Å². The SMILES string of the molecule is CCNC(=O)[C@H](C)NC(=O)CN(c1cccc(Cl)c1)S(C)(=O)=O. The molecule has 0 heterocycles. The van der Waals surface area contributed by atoms with E-state index in [2.05, 4.69) is 10.6 Å². The first-order valence-electron chi connectivity index (χ1n) is 6.95. The Hall–Kier alpha value is -1.80. The van der Waals surface area contributed by atoms with Gasteiger partial charge >= 0.3 is 0 Å². The second-order valence-electron chi connectivity index (χ2n) is 4.93. The molecule has 7 nitrogen and oxygen atoms in total. The minimum absolute atomic E-state index is 0.279. The van der Waals surface area contributed by atoms with Gasteiger partial charge in [0.1, 0.15) is 12.6 Å². The summed E-state index contributed by atoms with van der Waals surface area (Å²) < 4.78 is 24.8. The Morgan fingerprint density at radius 1 is 1.35 bits per heavy atom. The van der Waals surface area contributed by atoms with Gasteiger partial charge < -0.3 is 10.6 Å². The second kappa shape index (κ2) is 8.16. The minimum atomic E-state index is -3.68. The molecule has 23 heavy (non-hydrogen) atoms. The zero-order valence-corrected chi connectivity index (χ0v) is 14.7. The lowest BCUT2D eigenvalue weighted by Crippen LogP contribution is -2.48. The summed E-state index contributed by atoms with van der Waals surface area (Å²) in [4.78, 5) is 23.6. The topological polar surface area (TPSA) is 95.6 Å². The Bertz CT molecular complexity index is 678. The molecule has 1 aromatic carbocycles. The highest BCUT2D eigenvalue weighted by molar-refractivity contribution is 7.92. The molecule has 9 heteroatoms. The van der Waals surface area contributed by atoms with Gasteiger partial charge in [0.2, 0.25) is 21.8 Å². The van der Waals surface area contributed by atoms with Gasteiger partial charge in [0, 0.05) is 11.6 Å². The molecule has 1 atom stereocenters. The van der Waals surface area contributed by atoms with Crippen molar-refractivity contribution in [2.24, 2.45) is 0 Å². The van der Waals surface area contributed by atoms with E-state index in [-0.39, 0.29) is 11.6 Å². The van der Waals surface area contributed by atoms with Crippen LogP contribution in [0.5, 0.6) is 0 Å². The van der Waals surface area contributed by atoms with Crippen LogP contribution < -0.4 is 14.9 Å². The average molecular weight is 362 g/mol. The lowest BCUT2D eigenvalue weighted by molar-refractivity contribution is -0.127. The van der Waals surface area contributed by atoms with Gasteiger partial charge in [-0.15, -0.1) is 0 Å². The molecule has 128 valence electrons. The highest BCUT2D eigenvalue weighted by atomic mass is 35.5. The number of halogens is 1. The Morgan fingerprint density at radius 2 is 2.00 bits per heavy atom. The van der Waals surface area contributed by atoms with Gasteiger partial charge in [-0.25, -0.2) is 8.42 Å². The largest absolute Gasteiger partial charge is 0.355 e. The molecule has 0 aromatic heterocycles. The van der Waals surface area contributed by atoms with Crippen LogP contribution in [0.25, 0.3) is 0 Å². The summed E-state index contributed by atoms with van der Waals surface area (Å²) in [7, 11) is -3.68. The number of nitrogens with zero attached hydrogens (tertiary/aromatic N) is 1. The number of sulfonamides is 1. The number of nitrogens with one attached hydrogen (secondary N) is 2. The van der Waals surface area contributed by atoms with Crippen LogP contribution in [0.15, 0.2) is 24.3 Å². The molecule has 0 saturated carbocycles. The maximum absolute atomic E-state index is 12.0. The molecule has 0 unspecified atom stereocenters. The third-order valence-corrected chi connectivity index (χ3v) is 4.28. The first-order valence-corrected chi connectivity index (χ1v) is 9.18. The molecular formula is C14H20ClN3O4S. The molecule has 0 saturated heterocycles. The number of carbonyl (C=O) groups excluding carboxylic acids is 2. The van der Waals surface area contributed by atoms with Crippen molar-refractivity contribution in [3.8, 4) is 0 Å². The molecule has 1 rings (SSSR count). The van der Waals surface area contributed by atoms with Gasteiger partial charge in [-0.2, -0.15) is 0 Å². The van der Waals surface area contributed by atoms with E-state index in [4.69, 9.17) is 11.6 Å². The minimum Gasteiger partial charge on any atom is -0.355 e. The van der Waals surface area contributed by atoms with Crippen molar-refractivity contribution < 1.29 is 18.0 Å².